The number of pyridine rings is 1. The summed E-state index contributed by atoms with van der Waals surface area (Å²) in [6.45, 7) is 3.70. The van der Waals surface area contributed by atoms with E-state index in [1.165, 1.54) is 12.4 Å². The van der Waals surface area contributed by atoms with Crippen molar-refractivity contribution in [3.8, 4) is 17.4 Å². The molecule has 1 aliphatic rings. The number of hydrogen-bond acceptors (Lipinski definition) is 8. The van der Waals surface area contributed by atoms with Crippen LogP contribution in [0, 0.1) is 12.7 Å². The quantitative estimate of drug-likeness (QED) is 0.336. The van der Waals surface area contributed by atoms with E-state index < -0.39 is 5.82 Å². The molecule has 0 atom stereocenters. The molecule has 0 spiro atoms. The van der Waals surface area contributed by atoms with Crippen LogP contribution in [0.15, 0.2) is 55.0 Å². The fourth-order valence-corrected chi connectivity index (χ4v) is 4.47. The molecule has 1 fully saturated rings. The molecular weight excluding hydrogens is 473 g/mol. The highest BCUT2D eigenvalue weighted by atomic mass is 19.1. The Balaban J connectivity index is 1.25. The molecule has 0 unspecified atom stereocenters. The van der Waals surface area contributed by atoms with Crippen LogP contribution in [0.25, 0.3) is 21.9 Å². The average Bonchev–Trinajstić information content (AvgIpc) is 3.27. The van der Waals surface area contributed by atoms with E-state index in [0.717, 1.165) is 42.4 Å². The number of fused-ring (bicyclic) bond motifs is 2. The topological polar surface area (TPSA) is 99.0 Å². The van der Waals surface area contributed by atoms with Gasteiger partial charge in [0.25, 0.3) is 0 Å². The highest BCUT2D eigenvalue weighted by molar-refractivity contribution is 5.87. The molecule has 10 heteroatoms. The lowest BCUT2D eigenvalue weighted by Crippen LogP contribution is -2.34. The summed E-state index contributed by atoms with van der Waals surface area (Å²) < 4.78 is 29.0. The van der Waals surface area contributed by atoms with Crippen molar-refractivity contribution in [1.82, 2.24) is 30.0 Å². The molecule has 1 aliphatic heterocycles. The van der Waals surface area contributed by atoms with E-state index in [0.29, 0.717) is 34.2 Å². The maximum absolute atomic E-state index is 15.2. The van der Waals surface area contributed by atoms with Crippen molar-refractivity contribution in [2.24, 2.45) is 7.05 Å². The summed E-state index contributed by atoms with van der Waals surface area (Å²) in [4.78, 5) is 13.3. The van der Waals surface area contributed by atoms with Gasteiger partial charge in [-0.05, 0) is 62.7 Å². The maximum Gasteiger partial charge on any atom is 0.214 e. The van der Waals surface area contributed by atoms with Gasteiger partial charge in [0.05, 0.1) is 16.7 Å². The highest BCUT2D eigenvalue weighted by Gasteiger charge is 2.17. The number of nitrogens with zero attached hydrogens (tertiary/aromatic N) is 5. The second kappa shape index (κ2) is 9.62. The zero-order chi connectivity index (χ0) is 25.4. The number of piperidine rings is 1. The number of halogens is 1. The van der Waals surface area contributed by atoms with Crippen molar-refractivity contribution in [3.63, 3.8) is 0 Å². The Labute approximate surface area is 212 Å². The molecule has 37 heavy (non-hydrogen) atoms. The second-order valence-corrected chi connectivity index (χ2v) is 9.15. The normalized spacial score (nSPS) is 14.2. The fraction of sp³-hybridized carbons (Fsp3) is 0.259. The number of aromatic nitrogens is 5. The summed E-state index contributed by atoms with van der Waals surface area (Å²) in [5.74, 6) is 1.42. The molecule has 188 valence electrons. The van der Waals surface area contributed by atoms with Crippen LogP contribution in [0.4, 0.5) is 15.9 Å². The van der Waals surface area contributed by atoms with E-state index in [2.05, 4.69) is 30.7 Å². The Morgan fingerprint density at radius 2 is 1.92 bits per heavy atom. The molecule has 6 rings (SSSR count). The molecular formula is C27H26FN7O2. The van der Waals surface area contributed by atoms with E-state index in [-0.39, 0.29) is 11.8 Å². The first kappa shape index (κ1) is 23.1. The summed E-state index contributed by atoms with van der Waals surface area (Å²) in [5.41, 5.74) is 2.97. The third kappa shape index (κ3) is 4.88. The van der Waals surface area contributed by atoms with Gasteiger partial charge in [-0.2, -0.15) is 5.10 Å². The lowest BCUT2D eigenvalue weighted by molar-refractivity contribution is 0.156. The van der Waals surface area contributed by atoms with Gasteiger partial charge >= 0.3 is 0 Å². The molecule has 5 aromatic rings. The molecule has 0 bridgehead atoms. The molecule has 2 N–H and O–H groups in total. The molecule has 4 heterocycles. The Morgan fingerprint density at radius 1 is 1.05 bits per heavy atom. The predicted octanol–water partition coefficient (Wildman–Crippen LogP) is 5.03. The standard InChI is InChI=1S/C27H26FN7O2/c1-16-11-23(20(28)13-24(16)36-19-4-3-17-14-35(2)34-22(17)12-19)32-27-26-21(30-15-31-27)5-6-25(33-26)37-18-7-9-29-10-8-18/h3-6,11-15,18,29H,7-10H2,1-2H3,(H,30,31,32). The van der Waals surface area contributed by atoms with Gasteiger partial charge in [0.15, 0.2) is 5.82 Å². The SMILES string of the molecule is Cc1cc(Nc2ncnc3ccc(OC4CCNCC4)nc23)c(F)cc1Oc1ccc2cn(C)nc2c1. The number of hydrogen-bond donors (Lipinski definition) is 2. The number of nitrogens with one attached hydrogen (secondary N) is 2. The minimum absolute atomic E-state index is 0.110. The largest absolute Gasteiger partial charge is 0.474 e. The molecule has 0 amide bonds. The zero-order valence-electron chi connectivity index (χ0n) is 20.5. The molecule has 0 saturated carbocycles. The van der Waals surface area contributed by atoms with Crippen molar-refractivity contribution < 1.29 is 13.9 Å². The van der Waals surface area contributed by atoms with Crippen molar-refractivity contribution in [1.29, 1.82) is 0 Å². The van der Waals surface area contributed by atoms with Crippen molar-refractivity contribution in [3.05, 3.63) is 66.4 Å². The molecule has 2 aromatic carbocycles. The summed E-state index contributed by atoms with van der Waals surface area (Å²) in [6.07, 6.45) is 5.31. The smallest absolute Gasteiger partial charge is 0.214 e. The van der Waals surface area contributed by atoms with Crippen LogP contribution in [0.3, 0.4) is 0 Å². The summed E-state index contributed by atoms with van der Waals surface area (Å²) in [6, 6.07) is 12.3. The number of benzene rings is 2. The lowest BCUT2D eigenvalue weighted by Gasteiger charge is -2.23. The van der Waals surface area contributed by atoms with E-state index in [1.807, 2.05) is 44.4 Å². The Kier molecular flexibility index (Phi) is 6.01. The first-order chi connectivity index (χ1) is 18.0. The minimum atomic E-state index is -0.478. The van der Waals surface area contributed by atoms with Gasteiger partial charge in [0, 0.05) is 36.8 Å². The first-order valence-corrected chi connectivity index (χ1v) is 12.2. The van der Waals surface area contributed by atoms with Crippen molar-refractivity contribution in [2.75, 3.05) is 18.4 Å². The highest BCUT2D eigenvalue weighted by Crippen LogP contribution is 2.33. The van der Waals surface area contributed by atoms with Gasteiger partial charge in [0.1, 0.15) is 35.3 Å². The van der Waals surface area contributed by atoms with E-state index in [9.17, 15) is 0 Å². The third-order valence-electron chi connectivity index (χ3n) is 6.37. The van der Waals surface area contributed by atoms with Crippen LogP contribution in [0.2, 0.25) is 0 Å². The fourth-order valence-electron chi connectivity index (χ4n) is 4.47. The monoisotopic (exact) mass is 499 g/mol. The molecule has 1 saturated heterocycles. The average molecular weight is 500 g/mol. The molecule has 0 aliphatic carbocycles. The van der Waals surface area contributed by atoms with Crippen LogP contribution in [0.1, 0.15) is 18.4 Å². The number of anilines is 2. The van der Waals surface area contributed by atoms with Crippen LogP contribution in [-0.4, -0.2) is 43.9 Å². The summed E-state index contributed by atoms with van der Waals surface area (Å²) in [5, 5.41) is 11.8. The lowest BCUT2D eigenvalue weighted by atomic mass is 10.1. The van der Waals surface area contributed by atoms with Gasteiger partial charge in [-0.3, -0.25) is 4.68 Å². The van der Waals surface area contributed by atoms with Crippen LogP contribution in [0.5, 0.6) is 17.4 Å². The van der Waals surface area contributed by atoms with Crippen LogP contribution in [-0.2, 0) is 7.05 Å². The molecule has 3 aromatic heterocycles. The number of rotatable bonds is 6. The number of ether oxygens (including phenoxy) is 2. The van der Waals surface area contributed by atoms with Crippen molar-refractivity contribution in [2.45, 2.75) is 25.9 Å². The Bertz CT molecular complexity index is 1600. The van der Waals surface area contributed by atoms with Gasteiger partial charge in [0.2, 0.25) is 5.88 Å². The van der Waals surface area contributed by atoms with Crippen LogP contribution < -0.4 is 20.1 Å². The first-order valence-electron chi connectivity index (χ1n) is 12.2. The van der Waals surface area contributed by atoms with Crippen molar-refractivity contribution >= 4 is 33.4 Å². The number of aryl methyl sites for hydroxylation is 2. The summed E-state index contributed by atoms with van der Waals surface area (Å²) in [7, 11) is 1.87. The van der Waals surface area contributed by atoms with Gasteiger partial charge in [-0.25, -0.2) is 19.3 Å². The molecule has 0 radical (unpaired) electrons. The molecule has 9 nitrogen and oxygen atoms in total. The van der Waals surface area contributed by atoms with Crippen LogP contribution >= 0.6 is 0 Å². The zero-order valence-corrected chi connectivity index (χ0v) is 20.5. The predicted molar refractivity (Wildman–Crippen MR) is 139 cm³/mol. The Morgan fingerprint density at radius 3 is 2.78 bits per heavy atom. The van der Waals surface area contributed by atoms with E-state index in [4.69, 9.17) is 9.47 Å². The third-order valence-corrected chi connectivity index (χ3v) is 6.37. The van der Waals surface area contributed by atoms with E-state index >= 15 is 4.39 Å². The maximum atomic E-state index is 15.2. The van der Waals surface area contributed by atoms with Gasteiger partial charge in [-0.15, -0.1) is 0 Å². The van der Waals surface area contributed by atoms with Gasteiger partial charge < -0.3 is 20.1 Å². The minimum Gasteiger partial charge on any atom is -0.474 e. The van der Waals surface area contributed by atoms with E-state index in [1.54, 1.807) is 16.8 Å². The summed E-state index contributed by atoms with van der Waals surface area (Å²) >= 11 is 0. The Hall–Kier alpha value is -4.31. The second-order valence-electron chi connectivity index (χ2n) is 9.15. The van der Waals surface area contributed by atoms with Gasteiger partial charge in [-0.1, -0.05) is 0 Å².